The van der Waals surface area contributed by atoms with E-state index in [9.17, 15) is 18.8 Å². The lowest BCUT2D eigenvalue weighted by Crippen LogP contribution is -2.27. The zero-order valence-electron chi connectivity index (χ0n) is 18.0. The summed E-state index contributed by atoms with van der Waals surface area (Å²) in [5.41, 5.74) is 1.48. The highest BCUT2D eigenvalue weighted by atomic mass is 79.9. The van der Waals surface area contributed by atoms with Crippen molar-refractivity contribution in [2.75, 3.05) is 11.9 Å². The lowest BCUT2D eigenvalue weighted by molar-refractivity contribution is -0.123. The van der Waals surface area contributed by atoms with E-state index in [0.717, 1.165) is 21.8 Å². The van der Waals surface area contributed by atoms with Gasteiger partial charge in [-0.1, -0.05) is 57.9 Å². The van der Waals surface area contributed by atoms with Crippen LogP contribution in [0.5, 0.6) is 5.75 Å². The summed E-state index contributed by atoms with van der Waals surface area (Å²) in [6.07, 6.45) is 1.58. The van der Waals surface area contributed by atoms with Gasteiger partial charge in [-0.2, -0.15) is 0 Å². The van der Waals surface area contributed by atoms with Crippen molar-refractivity contribution in [2.45, 2.75) is 6.54 Å². The van der Waals surface area contributed by atoms with Crippen LogP contribution in [0.2, 0.25) is 5.02 Å². The van der Waals surface area contributed by atoms with Crippen molar-refractivity contribution in [1.82, 2.24) is 4.90 Å². The number of anilines is 1. The van der Waals surface area contributed by atoms with Crippen molar-refractivity contribution in [3.8, 4) is 5.75 Å². The molecular formula is C25H17BrClFN2O4S. The fourth-order valence-electron chi connectivity index (χ4n) is 3.18. The molecule has 1 aliphatic rings. The molecule has 0 radical (unpaired) electrons. The predicted molar refractivity (Wildman–Crippen MR) is 138 cm³/mol. The lowest BCUT2D eigenvalue weighted by Gasteiger charge is -2.12. The summed E-state index contributed by atoms with van der Waals surface area (Å²) >= 11 is 10.5. The maximum atomic E-state index is 13.7. The first kappa shape index (κ1) is 25.0. The first-order chi connectivity index (χ1) is 16.8. The molecule has 0 atom stereocenters. The van der Waals surface area contributed by atoms with Crippen molar-refractivity contribution in [3.05, 3.63) is 98.1 Å². The summed E-state index contributed by atoms with van der Waals surface area (Å²) in [6, 6.07) is 17.9. The number of imide groups is 1. The second-order valence-electron chi connectivity index (χ2n) is 7.40. The average Bonchev–Trinajstić information content (AvgIpc) is 3.08. The third kappa shape index (κ3) is 6.30. The molecule has 0 aromatic heterocycles. The number of carbonyl (C=O) groups excluding carboxylic acids is 3. The maximum Gasteiger partial charge on any atom is 0.293 e. The first-order valence-corrected chi connectivity index (χ1v) is 12.3. The maximum absolute atomic E-state index is 13.7. The molecule has 1 aliphatic heterocycles. The fraction of sp³-hybridized carbons (Fsp3) is 0.0800. The number of carbonyl (C=O) groups is 3. The molecule has 1 saturated heterocycles. The molecule has 1 heterocycles. The summed E-state index contributed by atoms with van der Waals surface area (Å²) in [4.78, 5) is 38.7. The normalized spacial score (nSPS) is 14.5. The van der Waals surface area contributed by atoms with Crippen LogP contribution in [-0.4, -0.2) is 28.6 Å². The third-order valence-corrected chi connectivity index (χ3v) is 6.62. The molecule has 3 aromatic rings. The van der Waals surface area contributed by atoms with Gasteiger partial charge in [-0.05, 0) is 65.4 Å². The summed E-state index contributed by atoms with van der Waals surface area (Å²) < 4.78 is 20.0. The number of nitrogens with zero attached hydrogens (tertiary/aromatic N) is 1. The van der Waals surface area contributed by atoms with Gasteiger partial charge in [0, 0.05) is 4.47 Å². The Morgan fingerprint density at radius 2 is 1.86 bits per heavy atom. The Bertz CT molecular complexity index is 1330. The number of thioether (sulfide) groups is 1. The van der Waals surface area contributed by atoms with E-state index in [4.69, 9.17) is 16.3 Å². The van der Waals surface area contributed by atoms with E-state index in [1.54, 1.807) is 30.3 Å². The molecule has 0 unspecified atom stereocenters. The minimum atomic E-state index is -0.551. The van der Waals surface area contributed by atoms with Crippen molar-refractivity contribution in [1.29, 1.82) is 0 Å². The minimum Gasteiger partial charge on any atom is -0.482 e. The molecule has 0 saturated carbocycles. The van der Waals surface area contributed by atoms with E-state index in [0.29, 0.717) is 5.56 Å². The molecule has 35 heavy (non-hydrogen) atoms. The van der Waals surface area contributed by atoms with Gasteiger partial charge in [0.05, 0.1) is 22.2 Å². The molecule has 0 bridgehead atoms. The highest BCUT2D eigenvalue weighted by molar-refractivity contribution is 9.10. The van der Waals surface area contributed by atoms with Crippen LogP contribution in [-0.2, 0) is 16.1 Å². The zero-order valence-corrected chi connectivity index (χ0v) is 21.1. The second kappa shape index (κ2) is 11.1. The third-order valence-electron chi connectivity index (χ3n) is 4.89. The molecule has 3 aromatic carbocycles. The number of hydrogen-bond donors (Lipinski definition) is 1. The van der Waals surface area contributed by atoms with Gasteiger partial charge in [-0.25, -0.2) is 4.39 Å². The number of ether oxygens (including phenoxy) is 1. The quantitative estimate of drug-likeness (QED) is 0.326. The number of halogens is 3. The molecule has 6 nitrogen and oxygen atoms in total. The summed E-state index contributed by atoms with van der Waals surface area (Å²) in [5, 5.41) is 2.29. The number of rotatable bonds is 7. The Hall–Kier alpha value is -3.14. The van der Waals surface area contributed by atoms with E-state index >= 15 is 0 Å². The van der Waals surface area contributed by atoms with Gasteiger partial charge in [0.2, 0.25) is 0 Å². The minimum absolute atomic E-state index is 0.0524. The van der Waals surface area contributed by atoms with Crippen LogP contribution < -0.4 is 10.1 Å². The Labute approximate surface area is 218 Å². The molecule has 0 aliphatic carbocycles. The highest BCUT2D eigenvalue weighted by Crippen LogP contribution is 2.34. The number of nitrogens with one attached hydrogen (secondary N) is 1. The van der Waals surface area contributed by atoms with Gasteiger partial charge in [0.15, 0.2) is 6.61 Å². The van der Waals surface area contributed by atoms with Crippen molar-refractivity contribution in [3.63, 3.8) is 0 Å². The standard InChI is InChI=1S/C25H17BrClFN2O4S/c26-17-8-5-15(6-9-17)13-30-24(32)22(35-25(30)33)12-16-7-10-21(18(27)11-16)34-14-23(31)29-20-4-2-1-3-19(20)28/h1-12H,13-14H2,(H,29,31)/b22-12-. The van der Waals surface area contributed by atoms with Gasteiger partial charge in [0.25, 0.3) is 17.1 Å². The Morgan fingerprint density at radius 3 is 2.57 bits per heavy atom. The van der Waals surface area contributed by atoms with Gasteiger partial charge < -0.3 is 10.1 Å². The van der Waals surface area contributed by atoms with Crippen molar-refractivity contribution < 1.29 is 23.5 Å². The van der Waals surface area contributed by atoms with Crippen LogP contribution in [0, 0.1) is 5.82 Å². The number of para-hydroxylation sites is 1. The topological polar surface area (TPSA) is 75.7 Å². The lowest BCUT2D eigenvalue weighted by atomic mass is 10.2. The first-order valence-electron chi connectivity index (χ1n) is 10.3. The van der Waals surface area contributed by atoms with Gasteiger partial charge in [-0.15, -0.1) is 0 Å². The SMILES string of the molecule is O=C(COc1ccc(/C=C2\SC(=O)N(Cc3ccc(Br)cc3)C2=O)cc1Cl)Nc1ccccc1F. The molecule has 10 heteroatoms. The van der Waals surface area contributed by atoms with E-state index in [1.807, 2.05) is 24.3 Å². The molecule has 0 spiro atoms. The Kier molecular flexibility index (Phi) is 7.90. The predicted octanol–water partition coefficient (Wildman–Crippen LogP) is 6.50. The van der Waals surface area contributed by atoms with Crippen LogP contribution in [0.4, 0.5) is 14.9 Å². The van der Waals surface area contributed by atoms with Gasteiger partial charge in [-0.3, -0.25) is 19.3 Å². The Morgan fingerprint density at radius 1 is 1.11 bits per heavy atom. The fourth-order valence-corrected chi connectivity index (χ4v) is 4.52. The number of hydrogen-bond acceptors (Lipinski definition) is 5. The van der Waals surface area contributed by atoms with E-state index in [-0.39, 0.29) is 45.7 Å². The smallest absolute Gasteiger partial charge is 0.293 e. The van der Waals surface area contributed by atoms with E-state index in [2.05, 4.69) is 21.2 Å². The van der Waals surface area contributed by atoms with E-state index in [1.165, 1.54) is 23.1 Å². The van der Waals surface area contributed by atoms with E-state index < -0.39 is 11.7 Å². The molecular weight excluding hydrogens is 559 g/mol. The monoisotopic (exact) mass is 574 g/mol. The summed E-state index contributed by atoms with van der Waals surface area (Å²) in [6.45, 7) is -0.194. The molecule has 1 N–H and O–H groups in total. The summed E-state index contributed by atoms with van der Waals surface area (Å²) in [5.74, 6) is -1.24. The molecule has 3 amide bonds. The highest BCUT2D eigenvalue weighted by Gasteiger charge is 2.35. The van der Waals surface area contributed by atoms with Gasteiger partial charge >= 0.3 is 0 Å². The summed E-state index contributed by atoms with van der Waals surface area (Å²) in [7, 11) is 0. The zero-order chi connectivity index (χ0) is 24.9. The van der Waals surface area contributed by atoms with Crippen LogP contribution in [0.1, 0.15) is 11.1 Å². The van der Waals surface area contributed by atoms with Crippen LogP contribution in [0.15, 0.2) is 76.1 Å². The van der Waals surface area contributed by atoms with Crippen molar-refractivity contribution >= 4 is 68.1 Å². The molecule has 1 fully saturated rings. The average molecular weight is 576 g/mol. The molecule has 4 rings (SSSR count). The number of amides is 3. The second-order valence-corrected chi connectivity index (χ2v) is 9.72. The molecule has 178 valence electrons. The largest absolute Gasteiger partial charge is 0.482 e. The van der Waals surface area contributed by atoms with Crippen LogP contribution >= 0.6 is 39.3 Å². The number of benzene rings is 3. The van der Waals surface area contributed by atoms with Crippen molar-refractivity contribution in [2.24, 2.45) is 0 Å². The van der Waals surface area contributed by atoms with Gasteiger partial charge in [0.1, 0.15) is 11.6 Å². The van der Waals surface area contributed by atoms with Crippen LogP contribution in [0.3, 0.4) is 0 Å². The van der Waals surface area contributed by atoms with Crippen LogP contribution in [0.25, 0.3) is 6.08 Å². The Balaban J connectivity index is 1.39.